The summed E-state index contributed by atoms with van der Waals surface area (Å²) < 4.78 is 40.0. The first-order valence-electron chi connectivity index (χ1n) is 7.16. The van der Waals surface area contributed by atoms with Crippen LogP contribution in [0.4, 0.5) is 13.2 Å². The van der Waals surface area contributed by atoms with Crippen molar-refractivity contribution in [2.75, 3.05) is 20.1 Å². The van der Waals surface area contributed by atoms with Gasteiger partial charge in [-0.05, 0) is 37.1 Å². The number of rotatable bonds is 5. The molecule has 1 aromatic rings. The van der Waals surface area contributed by atoms with E-state index >= 15 is 0 Å². The minimum atomic E-state index is -4.69. The lowest BCUT2D eigenvalue weighted by Crippen LogP contribution is -2.38. The summed E-state index contributed by atoms with van der Waals surface area (Å²) in [5.41, 5.74) is 0.806. The first-order chi connectivity index (χ1) is 10.3. The van der Waals surface area contributed by atoms with Crippen LogP contribution in [0.5, 0.6) is 5.75 Å². The zero-order chi connectivity index (χ0) is 16.2. The third-order valence-electron chi connectivity index (χ3n) is 3.76. The van der Waals surface area contributed by atoms with E-state index in [2.05, 4.69) is 10.1 Å². The standard InChI is InChI=1S/C15H19F3N2O2.ClH/c1-20(12-8-9-19-10-12)14(21)7-4-11-2-5-13(6-3-11)22-15(16,17)18;/h2-3,5-6,12,19H,4,7-10H2,1H3;1H. The van der Waals surface area contributed by atoms with Crippen LogP contribution in [0, 0.1) is 0 Å². The minimum Gasteiger partial charge on any atom is -0.406 e. The fraction of sp³-hybridized carbons (Fsp3) is 0.533. The third-order valence-corrected chi connectivity index (χ3v) is 3.76. The Morgan fingerprint density at radius 1 is 1.35 bits per heavy atom. The maximum atomic E-state index is 12.1. The van der Waals surface area contributed by atoms with Crippen molar-refractivity contribution in [2.45, 2.75) is 31.7 Å². The second kappa shape index (κ2) is 8.40. The zero-order valence-electron chi connectivity index (χ0n) is 12.7. The molecule has 2 rings (SSSR count). The van der Waals surface area contributed by atoms with Crippen LogP contribution in [0.25, 0.3) is 0 Å². The highest BCUT2D eigenvalue weighted by Gasteiger charge is 2.31. The smallest absolute Gasteiger partial charge is 0.406 e. The van der Waals surface area contributed by atoms with E-state index in [0.29, 0.717) is 12.8 Å². The molecule has 0 spiro atoms. The van der Waals surface area contributed by atoms with Gasteiger partial charge >= 0.3 is 6.36 Å². The summed E-state index contributed by atoms with van der Waals surface area (Å²) >= 11 is 0. The van der Waals surface area contributed by atoms with Gasteiger partial charge in [-0.3, -0.25) is 4.79 Å². The minimum absolute atomic E-state index is 0. The van der Waals surface area contributed by atoms with Crippen LogP contribution in [0.1, 0.15) is 18.4 Å². The van der Waals surface area contributed by atoms with Crippen molar-refractivity contribution < 1.29 is 22.7 Å². The Kier molecular flexibility index (Phi) is 7.15. The Labute approximate surface area is 139 Å². The molecule has 0 saturated carbocycles. The number of nitrogens with one attached hydrogen (secondary N) is 1. The lowest BCUT2D eigenvalue weighted by Gasteiger charge is -2.23. The van der Waals surface area contributed by atoms with Gasteiger partial charge in [0.15, 0.2) is 0 Å². The quantitative estimate of drug-likeness (QED) is 0.886. The van der Waals surface area contributed by atoms with Crippen LogP contribution >= 0.6 is 12.4 Å². The van der Waals surface area contributed by atoms with Gasteiger partial charge in [0, 0.05) is 26.1 Å². The monoisotopic (exact) mass is 352 g/mol. The van der Waals surface area contributed by atoms with Crippen molar-refractivity contribution in [3.63, 3.8) is 0 Å². The molecule has 0 aromatic heterocycles. The van der Waals surface area contributed by atoms with Crippen LogP contribution in [0.2, 0.25) is 0 Å². The molecular formula is C15H20ClF3N2O2. The second-order valence-corrected chi connectivity index (χ2v) is 5.34. The molecule has 1 fully saturated rings. The summed E-state index contributed by atoms with van der Waals surface area (Å²) in [7, 11) is 1.79. The molecule has 1 aromatic carbocycles. The third kappa shape index (κ3) is 6.27. The number of nitrogens with zero attached hydrogens (tertiary/aromatic N) is 1. The summed E-state index contributed by atoms with van der Waals surface area (Å²) in [6.45, 7) is 1.73. The van der Waals surface area contributed by atoms with Crippen molar-refractivity contribution in [1.82, 2.24) is 10.2 Å². The number of halogens is 4. The van der Waals surface area contributed by atoms with Gasteiger partial charge in [0.25, 0.3) is 0 Å². The molecule has 0 bridgehead atoms. The Morgan fingerprint density at radius 2 is 2.00 bits per heavy atom. The van der Waals surface area contributed by atoms with E-state index in [0.717, 1.165) is 25.1 Å². The van der Waals surface area contributed by atoms with Gasteiger partial charge in [-0.1, -0.05) is 12.1 Å². The molecule has 23 heavy (non-hydrogen) atoms. The number of aryl methyl sites for hydroxylation is 1. The molecule has 1 N–H and O–H groups in total. The molecule has 1 amide bonds. The van der Waals surface area contributed by atoms with Crippen molar-refractivity contribution >= 4 is 18.3 Å². The molecule has 1 aliphatic rings. The van der Waals surface area contributed by atoms with E-state index in [1.807, 2.05) is 0 Å². The molecule has 1 heterocycles. The Bertz CT molecular complexity index is 502. The van der Waals surface area contributed by atoms with Gasteiger partial charge in [-0.15, -0.1) is 25.6 Å². The molecule has 8 heteroatoms. The summed E-state index contributed by atoms with van der Waals surface area (Å²) in [5, 5.41) is 3.21. The van der Waals surface area contributed by atoms with Crippen LogP contribution in [0.3, 0.4) is 0 Å². The lowest BCUT2D eigenvalue weighted by molar-refractivity contribution is -0.274. The molecule has 130 valence electrons. The van der Waals surface area contributed by atoms with Gasteiger partial charge in [0.05, 0.1) is 0 Å². The highest BCUT2D eigenvalue weighted by molar-refractivity contribution is 5.85. The van der Waals surface area contributed by atoms with Crippen molar-refractivity contribution in [3.8, 4) is 5.75 Å². The van der Waals surface area contributed by atoms with E-state index in [9.17, 15) is 18.0 Å². The number of carbonyl (C=O) groups excluding carboxylic acids is 1. The average Bonchev–Trinajstić information content (AvgIpc) is 2.98. The number of hydrogen-bond acceptors (Lipinski definition) is 3. The van der Waals surface area contributed by atoms with Crippen molar-refractivity contribution in [3.05, 3.63) is 29.8 Å². The van der Waals surface area contributed by atoms with E-state index in [-0.39, 0.29) is 30.1 Å². The average molecular weight is 353 g/mol. The van der Waals surface area contributed by atoms with E-state index in [1.54, 1.807) is 24.1 Å². The summed E-state index contributed by atoms with van der Waals surface area (Å²) in [6, 6.07) is 5.85. The zero-order valence-corrected chi connectivity index (χ0v) is 13.5. The summed E-state index contributed by atoms with van der Waals surface area (Å²) in [6.07, 6.45) is -2.90. The fourth-order valence-corrected chi connectivity index (χ4v) is 2.46. The topological polar surface area (TPSA) is 41.6 Å². The maximum Gasteiger partial charge on any atom is 0.573 e. The van der Waals surface area contributed by atoms with E-state index < -0.39 is 6.36 Å². The maximum absolute atomic E-state index is 12.1. The SMILES string of the molecule is CN(C(=O)CCc1ccc(OC(F)(F)F)cc1)C1CCNC1.Cl. The fourth-order valence-electron chi connectivity index (χ4n) is 2.46. The Hall–Kier alpha value is -1.47. The van der Waals surface area contributed by atoms with Gasteiger partial charge in [0.1, 0.15) is 5.75 Å². The second-order valence-electron chi connectivity index (χ2n) is 5.34. The molecule has 0 aliphatic carbocycles. The predicted octanol–water partition coefficient (Wildman–Crippen LogP) is 2.76. The van der Waals surface area contributed by atoms with Crippen LogP contribution in [-0.2, 0) is 11.2 Å². The number of likely N-dealkylation sites (N-methyl/N-ethyl adjacent to an activating group) is 1. The molecule has 1 unspecified atom stereocenters. The molecule has 0 radical (unpaired) electrons. The molecular weight excluding hydrogens is 333 g/mol. The van der Waals surface area contributed by atoms with Crippen LogP contribution in [0.15, 0.2) is 24.3 Å². The Balaban J connectivity index is 0.00000264. The van der Waals surface area contributed by atoms with Crippen molar-refractivity contribution in [2.24, 2.45) is 0 Å². The number of amides is 1. The normalized spacial score (nSPS) is 17.5. The number of carbonyl (C=O) groups is 1. The highest BCUT2D eigenvalue weighted by atomic mass is 35.5. The molecule has 1 atom stereocenters. The van der Waals surface area contributed by atoms with E-state index in [4.69, 9.17) is 0 Å². The highest BCUT2D eigenvalue weighted by Crippen LogP contribution is 2.23. The first-order valence-corrected chi connectivity index (χ1v) is 7.16. The number of alkyl halides is 3. The Morgan fingerprint density at radius 3 is 2.52 bits per heavy atom. The van der Waals surface area contributed by atoms with Gasteiger partial charge in [0.2, 0.25) is 5.91 Å². The molecule has 4 nitrogen and oxygen atoms in total. The van der Waals surface area contributed by atoms with Crippen LogP contribution < -0.4 is 10.1 Å². The first kappa shape index (κ1) is 19.6. The predicted molar refractivity (Wildman–Crippen MR) is 82.7 cm³/mol. The van der Waals surface area contributed by atoms with Crippen LogP contribution in [-0.4, -0.2) is 43.3 Å². The number of ether oxygens (including phenoxy) is 1. The number of hydrogen-bond donors (Lipinski definition) is 1. The van der Waals surface area contributed by atoms with Gasteiger partial charge in [-0.2, -0.15) is 0 Å². The number of benzene rings is 1. The van der Waals surface area contributed by atoms with Crippen molar-refractivity contribution in [1.29, 1.82) is 0 Å². The van der Waals surface area contributed by atoms with E-state index in [1.165, 1.54) is 12.1 Å². The lowest BCUT2D eigenvalue weighted by atomic mass is 10.1. The molecule has 1 aliphatic heterocycles. The molecule has 1 saturated heterocycles. The van der Waals surface area contributed by atoms with Gasteiger partial charge in [-0.25, -0.2) is 0 Å². The largest absolute Gasteiger partial charge is 0.573 e. The van der Waals surface area contributed by atoms with Gasteiger partial charge < -0.3 is 15.0 Å². The summed E-state index contributed by atoms with van der Waals surface area (Å²) in [5.74, 6) is -0.207. The summed E-state index contributed by atoms with van der Waals surface area (Å²) in [4.78, 5) is 13.8.